The van der Waals surface area contributed by atoms with Crippen LogP contribution in [0.2, 0.25) is 0 Å². The third-order valence-electron chi connectivity index (χ3n) is 4.46. The molecule has 0 atom stereocenters. The van der Waals surface area contributed by atoms with Crippen molar-refractivity contribution < 1.29 is 9.32 Å². The second-order valence-corrected chi connectivity index (χ2v) is 6.63. The molecule has 0 radical (unpaired) electrons. The summed E-state index contributed by atoms with van der Waals surface area (Å²) in [5, 5.41) is 8.32. The molecule has 3 heterocycles. The number of amides is 1. The van der Waals surface area contributed by atoms with Crippen LogP contribution in [0.5, 0.6) is 0 Å². The van der Waals surface area contributed by atoms with Crippen molar-refractivity contribution >= 4 is 5.91 Å². The molecule has 3 aromatic heterocycles. The number of aromatic nitrogens is 5. The van der Waals surface area contributed by atoms with Gasteiger partial charge >= 0.3 is 0 Å². The van der Waals surface area contributed by atoms with E-state index in [1.165, 1.54) is 0 Å². The van der Waals surface area contributed by atoms with Gasteiger partial charge in [-0.15, -0.1) is 0 Å². The molecular weight excluding hydrogens is 368 g/mol. The van der Waals surface area contributed by atoms with Gasteiger partial charge in [0.15, 0.2) is 0 Å². The largest absolute Gasteiger partial charge is 0.341 e. The molecule has 4 aromatic rings. The number of carbonyl (C=O) groups excluding carboxylic acids is 1. The first kappa shape index (κ1) is 18.5. The van der Waals surface area contributed by atoms with Crippen LogP contribution in [0.15, 0.2) is 71.8 Å². The Labute approximate surface area is 167 Å². The lowest BCUT2D eigenvalue weighted by atomic mass is 10.2. The Kier molecular flexibility index (Phi) is 5.42. The molecule has 0 N–H and O–H groups in total. The van der Waals surface area contributed by atoms with Gasteiger partial charge in [0.2, 0.25) is 17.6 Å². The van der Waals surface area contributed by atoms with Gasteiger partial charge in [0.1, 0.15) is 0 Å². The Morgan fingerprint density at radius 2 is 1.93 bits per heavy atom. The molecule has 0 unspecified atom stereocenters. The SMILES string of the molecule is CN(Cc1cnn(-c2ccccc2)c1)C(=O)CCc1nc(-c2ccncc2)no1. The van der Waals surface area contributed by atoms with Gasteiger partial charge in [0, 0.05) is 56.2 Å². The molecule has 0 spiro atoms. The third kappa shape index (κ3) is 4.55. The van der Waals surface area contributed by atoms with Gasteiger partial charge in [-0.3, -0.25) is 9.78 Å². The molecule has 8 heteroatoms. The second kappa shape index (κ2) is 8.47. The Morgan fingerprint density at radius 3 is 2.72 bits per heavy atom. The molecule has 4 rings (SSSR count). The highest BCUT2D eigenvalue weighted by atomic mass is 16.5. The first-order valence-electron chi connectivity index (χ1n) is 9.25. The van der Waals surface area contributed by atoms with Gasteiger partial charge in [0.05, 0.1) is 11.9 Å². The van der Waals surface area contributed by atoms with Gasteiger partial charge in [-0.2, -0.15) is 10.1 Å². The van der Waals surface area contributed by atoms with Crippen LogP contribution in [0.25, 0.3) is 17.1 Å². The second-order valence-electron chi connectivity index (χ2n) is 6.63. The van der Waals surface area contributed by atoms with E-state index in [0.717, 1.165) is 16.8 Å². The van der Waals surface area contributed by atoms with Crippen molar-refractivity contribution in [2.45, 2.75) is 19.4 Å². The van der Waals surface area contributed by atoms with Crippen LogP contribution in [-0.4, -0.2) is 42.8 Å². The third-order valence-corrected chi connectivity index (χ3v) is 4.46. The Hall–Kier alpha value is -3.81. The standard InChI is InChI=1S/C21H20N6O2/c1-26(14-16-13-23-27(15-16)18-5-3-2-4-6-18)20(28)8-7-19-24-21(25-29-19)17-9-11-22-12-10-17/h2-6,9-13,15H,7-8,14H2,1H3. The number of carbonyl (C=O) groups is 1. The Morgan fingerprint density at radius 1 is 1.14 bits per heavy atom. The molecule has 0 fully saturated rings. The molecule has 29 heavy (non-hydrogen) atoms. The van der Waals surface area contributed by atoms with Gasteiger partial charge in [-0.05, 0) is 24.3 Å². The van der Waals surface area contributed by atoms with Crippen molar-refractivity contribution in [1.29, 1.82) is 0 Å². The number of hydrogen-bond donors (Lipinski definition) is 0. The minimum atomic E-state index is 0.00104. The first-order valence-corrected chi connectivity index (χ1v) is 9.25. The van der Waals surface area contributed by atoms with E-state index in [9.17, 15) is 4.79 Å². The topological polar surface area (TPSA) is 89.9 Å². The average molecular weight is 388 g/mol. The summed E-state index contributed by atoms with van der Waals surface area (Å²) in [5.41, 5.74) is 2.77. The molecule has 0 aliphatic heterocycles. The van der Waals surface area contributed by atoms with Gasteiger partial charge < -0.3 is 9.42 Å². The number of pyridine rings is 1. The fraction of sp³-hybridized carbons (Fsp3) is 0.190. The van der Waals surface area contributed by atoms with E-state index in [1.807, 2.05) is 48.7 Å². The molecule has 0 saturated heterocycles. The minimum absolute atomic E-state index is 0.00104. The summed E-state index contributed by atoms with van der Waals surface area (Å²) in [6.07, 6.45) is 7.73. The number of nitrogens with zero attached hydrogens (tertiary/aromatic N) is 6. The maximum absolute atomic E-state index is 12.5. The number of rotatable bonds is 7. The molecule has 0 aliphatic rings. The summed E-state index contributed by atoms with van der Waals surface area (Å²) in [5.74, 6) is 0.938. The maximum atomic E-state index is 12.5. The fourth-order valence-electron chi connectivity index (χ4n) is 2.91. The van der Waals surface area contributed by atoms with E-state index in [4.69, 9.17) is 4.52 Å². The maximum Gasteiger partial charge on any atom is 0.227 e. The lowest BCUT2D eigenvalue weighted by Gasteiger charge is -2.15. The van der Waals surface area contributed by atoms with Gasteiger partial charge in [-0.25, -0.2) is 4.68 Å². The number of para-hydroxylation sites is 1. The number of benzene rings is 1. The van der Waals surface area contributed by atoms with Crippen LogP contribution >= 0.6 is 0 Å². The summed E-state index contributed by atoms with van der Waals surface area (Å²) < 4.78 is 7.05. The Bertz CT molecular complexity index is 1070. The van der Waals surface area contributed by atoms with Crippen LogP contribution in [-0.2, 0) is 17.8 Å². The molecule has 0 saturated carbocycles. The van der Waals surface area contributed by atoms with Crippen LogP contribution < -0.4 is 0 Å². The van der Waals surface area contributed by atoms with Crippen molar-refractivity contribution in [3.63, 3.8) is 0 Å². The smallest absolute Gasteiger partial charge is 0.227 e. The average Bonchev–Trinajstić information content (AvgIpc) is 3.43. The number of hydrogen-bond acceptors (Lipinski definition) is 6. The Balaban J connectivity index is 1.31. The minimum Gasteiger partial charge on any atom is -0.341 e. The van der Waals surface area contributed by atoms with Crippen molar-refractivity contribution in [3.05, 3.63) is 78.7 Å². The van der Waals surface area contributed by atoms with Crippen LogP contribution in [0.3, 0.4) is 0 Å². The van der Waals surface area contributed by atoms with Gasteiger partial charge in [0.25, 0.3) is 0 Å². The van der Waals surface area contributed by atoms with E-state index in [0.29, 0.717) is 31.1 Å². The highest BCUT2D eigenvalue weighted by Crippen LogP contribution is 2.15. The molecule has 1 amide bonds. The normalized spacial score (nSPS) is 10.8. The van der Waals surface area contributed by atoms with Crippen LogP contribution in [0.4, 0.5) is 0 Å². The summed E-state index contributed by atoms with van der Waals surface area (Å²) in [4.78, 5) is 22.5. The molecule has 0 aliphatic carbocycles. The highest BCUT2D eigenvalue weighted by molar-refractivity contribution is 5.76. The van der Waals surface area contributed by atoms with E-state index < -0.39 is 0 Å². The molecular formula is C21H20N6O2. The molecule has 1 aromatic carbocycles. The quantitative estimate of drug-likeness (QED) is 0.484. The molecule has 0 bridgehead atoms. The lowest BCUT2D eigenvalue weighted by molar-refractivity contribution is -0.130. The molecule has 8 nitrogen and oxygen atoms in total. The van der Waals surface area contributed by atoms with E-state index in [2.05, 4.69) is 20.2 Å². The zero-order valence-electron chi connectivity index (χ0n) is 16.0. The van der Waals surface area contributed by atoms with Crippen molar-refractivity contribution in [3.8, 4) is 17.1 Å². The number of aryl methyl sites for hydroxylation is 1. The zero-order valence-corrected chi connectivity index (χ0v) is 16.0. The summed E-state index contributed by atoms with van der Waals surface area (Å²) >= 11 is 0. The van der Waals surface area contributed by atoms with Crippen molar-refractivity contribution in [1.82, 2.24) is 29.8 Å². The lowest BCUT2D eigenvalue weighted by Crippen LogP contribution is -2.26. The van der Waals surface area contributed by atoms with E-state index in [1.54, 1.807) is 35.2 Å². The van der Waals surface area contributed by atoms with Crippen molar-refractivity contribution in [2.75, 3.05) is 7.05 Å². The predicted octanol–water partition coefficient (Wildman–Crippen LogP) is 2.91. The predicted molar refractivity (Wildman–Crippen MR) is 106 cm³/mol. The molecule has 146 valence electrons. The van der Waals surface area contributed by atoms with Crippen LogP contribution in [0.1, 0.15) is 17.9 Å². The fourth-order valence-corrected chi connectivity index (χ4v) is 2.91. The summed E-state index contributed by atoms with van der Waals surface area (Å²) in [7, 11) is 1.78. The summed E-state index contributed by atoms with van der Waals surface area (Å²) in [6, 6.07) is 13.5. The van der Waals surface area contributed by atoms with Crippen molar-refractivity contribution in [2.24, 2.45) is 0 Å². The summed E-state index contributed by atoms with van der Waals surface area (Å²) in [6.45, 7) is 0.484. The monoisotopic (exact) mass is 388 g/mol. The zero-order chi connectivity index (χ0) is 20.1. The van der Waals surface area contributed by atoms with E-state index in [-0.39, 0.29) is 5.91 Å². The van der Waals surface area contributed by atoms with Gasteiger partial charge in [-0.1, -0.05) is 23.4 Å². The van der Waals surface area contributed by atoms with E-state index >= 15 is 0 Å². The highest BCUT2D eigenvalue weighted by Gasteiger charge is 2.14. The van der Waals surface area contributed by atoms with Crippen LogP contribution in [0, 0.1) is 0 Å². The first-order chi connectivity index (χ1) is 14.2.